The molecule has 0 saturated heterocycles. The minimum atomic E-state index is 0.00601. The predicted molar refractivity (Wildman–Crippen MR) is 89.2 cm³/mol. The van der Waals surface area contributed by atoms with Gasteiger partial charge in [0.1, 0.15) is 5.82 Å². The lowest BCUT2D eigenvalue weighted by Gasteiger charge is -2.23. The molecule has 0 fully saturated rings. The third-order valence-corrected chi connectivity index (χ3v) is 3.69. The van der Waals surface area contributed by atoms with Gasteiger partial charge in [0.2, 0.25) is 0 Å². The number of pyridine rings is 1. The van der Waals surface area contributed by atoms with E-state index in [0.29, 0.717) is 10.0 Å². The number of halogens is 2. The Kier molecular flexibility index (Phi) is 4.46. The monoisotopic (exact) mass is 310 g/mol. The first-order valence-corrected chi connectivity index (χ1v) is 7.62. The van der Waals surface area contributed by atoms with Gasteiger partial charge in [0.05, 0.1) is 10.5 Å². The Morgan fingerprint density at radius 3 is 2.45 bits per heavy atom. The number of hydrogen-bond acceptors (Lipinski definition) is 2. The fourth-order valence-corrected chi connectivity index (χ4v) is 2.71. The van der Waals surface area contributed by atoms with E-state index in [0.717, 1.165) is 29.7 Å². The number of nitrogens with one attached hydrogen (secondary N) is 1. The Balaban J connectivity index is 2.68. The molecule has 0 amide bonds. The molecule has 0 aliphatic rings. The van der Waals surface area contributed by atoms with Crippen molar-refractivity contribution in [3.8, 4) is 0 Å². The van der Waals surface area contributed by atoms with Gasteiger partial charge in [0.25, 0.3) is 0 Å². The fraction of sp³-hybridized carbons (Fsp3) is 0.438. The number of aromatic nitrogens is 1. The van der Waals surface area contributed by atoms with Crippen LogP contribution in [0.4, 0.5) is 5.82 Å². The van der Waals surface area contributed by atoms with E-state index in [1.165, 1.54) is 5.56 Å². The minimum absolute atomic E-state index is 0.00601. The van der Waals surface area contributed by atoms with E-state index in [1.807, 2.05) is 6.07 Å². The summed E-state index contributed by atoms with van der Waals surface area (Å²) >= 11 is 12.3. The summed E-state index contributed by atoms with van der Waals surface area (Å²) < 4.78 is 0. The van der Waals surface area contributed by atoms with Crippen LogP contribution in [-0.4, -0.2) is 11.5 Å². The smallest absolute Gasteiger partial charge is 0.130 e. The van der Waals surface area contributed by atoms with Crippen molar-refractivity contribution in [3.63, 3.8) is 0 Å². The van der Waals surface area contributed by atoms with E-state index in [2.05, 4.69) is 39.1 Å². The van der Waals surface area contributed by atoms with Gasteiger partial charge < -0.3 is 5.32 Å². The summed E-state index contributed by atoms with van der Waals surface area (Å²) in [4.78, 5) is 4.72. The van der Waals surface area contributed by atoms with Crippen LogP contribution in [0.5, 0.6) is 0 Å². The summed E-state index contributed by atoms with van der Waals surface area (Å²) in [7, 11) is 0. The molecule has 0 spiro atoms. The molecule has 20 heavy (non-hydrogen) atoms. The summed E-state index contributed by atoms with van der Waals surface area (Å²) in [6.07, 6.45) is 1.05. The van der Waals surface area contributed by atoms with Crippen LogP contribution in [-0.2, 0) is 5.41 Å². The number of nitrogens with zero attached hydrogens (tertiary/aromatic N) is 1. The zero-order valence-corrected chi connectivity index (χ0v) is 13.9. The molecule has 0 radical (unpaired) electrons. The lowest BCUT2D eigenvalue weighted by atomic mass is 9.86. The Morgan fingerprint density at radius 2 is 1.85 bits per heavy atom. The summed E-state index contributed by atoms with van der Waals surface area (Å²) in [5.41, 5.74) is 1.98. The highest BCUT2D eigenvalue weighted by Crippen LogP contribution is 2.34. The topological polar surface area (TPSA) is 24.9 Å². The highest BCUT2D eigenvalue weighted by molar-refractivity contribution is 6.38. The number of anilines is 1. The van der Waals surface area contributed by atoms with Crippen LogP contribution in [0.3, 0.4) is 0 Å². The van der Waals surface area contributed by atoms with Gasteiger partial charge in [0.15, 0.2) is 0 Å². The fourth-order valence-electron chi connectivity index (χ4n) is 2.16. The Bertz CT molecular complexity index is 630. The molecule has 0 unspecified atom stereocenters. The normalized spacial score (nSPS) is 11.9. The Labute approximate surface area is 130 Å². The second kappa shape index (κ2) is 5.79. The average Bonchev–Trinajstić information content (AvgIpc) is 2.34. The van der Waals surface area contributed by atoms with Crippen molar-refractivity contribution in [1.82, 2.24) is 4.98 Å². The molecule has 0 bridgehead atoms. The molecule has 0 aliphatic heterocycles. The largest absolute Gasteiger partial charge is 0.370 e. The SMILES string of the molecule is CCCNc1nc2c(Cl)cc(Cl)cc2cc1C(C)(C)C. The van der Waals surface area contributed by atoms with Crippen molar-refractivity contribution in [2.75, 3.05) is 11.9 Å². The van der Waals surface area contributed by atoms with Gasteiger partial charge in [-0.3, -0.25) is 0 Å². The second-order valence-electron chi connectivity index (χ2n) is 6.02. The molecule has 2 rings (SSSR count). The molecule has 0 atom stereocenters. The second-order valence-corrected chi connectivity index (χ2v) is 6.86. The molecule has 1 N–H and O–H groups in total. The molecule has 1 aromatic heterocycles. The van der Waals surface area contributed by atoms with Crippen molar-refractivity contribution in [3.05, 3.63) is 33.8 Å². The predicted octanol–water partition coefficient (Wildman–Crippen LogP) is 5.66. The van der Waals surface area contributed by atoms with E-state index in [-0.39, 0.29) is 5.41 Å². The van der Waals surface area contributed by atoms with E-state index >= 15 is 0 Å². The van der Waals surface area contributed by atoms with Crippen LogP contribution >= 0.6 is 23.2 Å². The molecule has 0 saturated carbocycles. The molecule has 2 aromatic rings. The maximum absolute atomic E-state index is 6.26. The quantitative estimate of drug-likeness (QED) is 0.791. The van der Waals surface area contributed by atoms with Crippen LogP contribution in [0, 0.1) is 0 Å². The molecule has 108 valence electrons. The van der Waals surface area contributed by atoms with E-state index in [1.54, 1.807) is 6.07 Å². The van der Waals surface area contributed by atoms with Crippen LogP contribution in [0.2, 0.25) is 10.0 Å². The molecule has 2 nitrogen and oxygen atoms in total. The van der Waals surface area contributed by atoms with Crippen LogP contribution < -0.4 is 5.32 Å². The molecule has 1 aromatic carbocycles. The first-order chi connectivity index (χ1) is 9.32. The molecular formula is C16H20Cl2N2. The van der Waals surface area contributed by atoms with Crippen LogP contribution in [0.25, 0.3) is 10.9 Å². The van der Waals surface area contributed by atoms with Crippen molar-refractivity contribution >= 4 is 39.9 Å². The Morgan fingerprint density at radius 1 is 1.15 bits per heavy atom. The number of hydrogen-bond donors (Lipinski definition) is 1. The molecule has 1 heterocycles. The van der Waals surface area contributed by atoms with Gasteiger partial charge in [-0.05, 0) is 30.0 Å². The van der Waals surface area contributed by atoms with Gasteiger partial charge in [-0.2, -0.15) is 0 Å². The summed E-state index contributed by atoms with van der Waals surface area (Å²) in [6.45, 7) is 9.57. The lowest BCUT2D eigenvalue weighted by molar-refractivity contribution is 0.590. The number of rotatable bonds is 3. The summed E-state index contributed by atoms with van der Waals surface area (Å²) in [5, 5.41) is 5.61. The standard InChI is InChI=1S/C16H20Cl2N2/c1-5-6-19-15-12(16(2,3)4)8-10-7-11(17)9-13(18)14(10)20-15/h7-9H,5-6H2,1-4H3,(H,19,20). The zero-order chi connectivity index (χ0) is 14.9. The van der Waals surface area contributed by atoms with Crippen molar-refractivity contribution in [2.45, 2.75) is 39.5 Å². The third-order valence-electron chi connectivity index (χ3n) is 3.19. The minimum Gasteiger partial charge on any atom is -0.370 e. The first-order valence-electron chi connectivity index (χ1n) is 6.87. The molecule has 4 heteroatoms. The lowest BCUT2D eigenvalue weighted by Crippen LogP contribution is -2.16. The first kappa shape index (κ1) is 15.4. The van der Waals surface area contributed by atoms with Crippen LogP contribution in [0.1, 0.15) is 39.7 Å². The number of benzene rings is 1. The van der Waals surface area contributed by atoms with Gasteiger partial charge in [-0.1, -0.05) is 50.9 Å². The molecular weight excluding hydrogens is 291 g/mol. The van der Waals surface area contributed by atoms with Crippen molar-refractivity contribution < 1.29 is 0 Å². The van der Waals surface area contributed by atoms with E-state index in [4.69, 9.17) is 28.2 Å². The maximum atomic E-state index is 6.26. The third kappa shape index (κ3) is 3.18. The highest BCUT2D eigenvalue weighted by atomic mass is 35.5. The van der Waals surface area contributed by atoms with Gasteiger partial charge >= 0.3 is 0 Å². The van der Waals surface area contributed by atoms with Crippen molar-refractivity contribution in [2.24, 2.45) is 0 Å². The zero-order valence-electron chi connectivity index (χ0n) is 12.3. The summed E-state index contributed by atoms with van der Waals surface area (Å²) in [6, 6.07) is 5.78. The van der Waals surface area contributed by atoms with Crippen LogP contribution in [0.15, 0.2) is 18.2 Å². The van der Waals surface area contributed by atoms with Gasteiger partial charge in [-0.25, -0.2) is 4.98 Å². The summed E-state index contributed by atoms with van der Waals surface area (Å²) in [5.74, 6) is 0.913. The molecule has 0 aliphatic carbocycles. The average molecular weight is 311 g/mol. The van der Waals surface area contributed by atoms with E-state index < -0.39 is 0 Å². The van der Waals surface area contributed by atoms with Gasteiger partial charge in [-0.15, -0.1) is 0 Å². The van der Waals surface area contributed by atoms with Crippen molar-refractivity contribution in [1.29, 1.82) is 0 Å². The maximum Gasteiger partial charge on any atom is 0.130 e. The number of fused-ring (bicyclic) bond motifs is 1. The highest BCUT2D eigenvalue weighted by Gasteiger charge is 2.20. The van der Waals surface area contributed by atoms with E-state index in [9.17, 15) is 0 Å². The van der Waals surface area contributed by atoms with Gasteiger partial charge in [0, 0.05) is 22.5 Å². The Hall–Kier alpha value is -0.990.